The third-order valence-corrected chi connectivity index (χ3v) is 0.778. The molecule has 0 saturated heterocycles. The van der Waals surface area contributed by atoms with Crippen molar-refractivity contribution in [1.29, 1.82) is 10.5 Å². The van der Waals surface area contributed by atoms with Crippen LogP contribution in [0.2, 0.25) is 0 Å². The third-order valence-electron chi connectivity index (χ3n) is 0.543. The van der Waals surface area contributed by atoms with Crippen molar-refractivity contribution < 1.29 is 0 Å². The first-order valence-corrected chi connectivity index (χ1v) is 2.21. The Morgan fingerprint density at radius 3 is 1.88 bits per heavy atom. The lowest BCUT2D eigenvalue weighted by Gasteiger charge is -1.89. The molecule has 0 heterocycles. The molecule has 0 spiro atoms. The highest BCUT2D eigenvalue weighted by Crippen LogP contribution is 1.89. The van der Waals surface area contributed by atoms with E-state index in [1.165, 1.54) is 0 Å². The Balaban J connectivity index is 4.02. The minimum absolute atomic E-state index is 0.0602. The summed E-state index contributed by atoms with van der Waals surface area (Å²) in [4.78, 5) is -0.0602. The Kier molecular flexibility index (Phi) is 2.53. The number of thiocarbonyl (C=S) groups is 1. The molecule has 0 aliphatic rings. The first-order valence-electron chi connectivity index (χ1n) is 1.81. The second kappa shape index (κ2) is 2.95. The van der Waals surface area contributed by atoms with E-state index in [4.69, 9.17) is 16.3 Å². The maximum Gasteiger partial charge on any atom is 0.182 e. The van der Waals surface area contributed by atoms with Crippen molar-refractivity contribution in [2.45, 2.75) is 0 Å². The van der Waals surface area contributed by atoms with Gasteiger partial charge in [-0.25, -0.2) is 0 Å². The summed E-state index contributed by atoms with van der Waals surface area (Å²) in [5, 5.41) is 16.1. The SMILES string of the molecule is N#CC(C#N)C(N)=S. The topological polar surface area (TPSA) is 73.6 Å². The molecule has 0 aromatic carbocycles. The van der Waals surface area contributed by atoms with Gasteiger partial charge in [-0.1, -0.05) is 12.2 Å². The van der Waals surface area contributed by atoms with Gasteiger partial charge in [-0.2, -0.15) is 10.5 Å². The fourth-order valence-electron chi connectivity index (χ4n) is 0.156. The molecule has 0 rings (SSSR count). The molecule has 4 heteroatoms. The van der Waals surface area contributed by atoms with Gasteiger partial charge in [-0.15, -0.1) is 0 Å². The standard InChI is InChI=1S/C4H3N3S/c5-1-3(2-6)4(7)8/h3H,(H2,7,8). The third kappa shape index (κ3) is 1.55. The van der Waals surface area contributed by atoms with Crippen molar-refractivity contribution in [3.8, 4) is 12.1 Å². The summed E-state index contributed by atoms with van der Waals surface area (Å²) in [6.07, 6.45) is 0. The van der Waals surface area contributed by atoms with Crippen LogP contribution in [0.1, 0.15) is 0 Å². The number of nitriles is 2. The fraction of sp³-hybridized carbons (Fsp3) is 0.250. The summed E-state index contributed by atoms with van der Waals surface area (Å²) in [5.74, 6) is -0.926. The average molecular weight is 125 g/mol. The van der Waals surface area contributed by atoms with Gasteiger partial charge in [0, 0.05) is 0 Å². The predicted molar refractivity (Wildman–Crippen MR) is 31.5 cm³/mol. The lowest BCUT2D eigenvalue weighted by molar-refractivity contribution is 1.16. The molecule has 8 heavy (non-hydrogen) atoms. The lowest BCUT2D eigenvalue weighted by Crippen LogP contribution is -2.17. The summed E-state index contributed by atoms with van der Waals surface area (Å²) in [6, 6.07) is 3.25. The summed E-state index contributed by atoms with van der Waals surface area (Å²) in [7, 11) is 0. The molecular weight excluding hydrogens is 122 g/mol. The normalized spacial score (nSPS) is 7.38. The van der Waals surface area contributed by atoms with Crippen LogP contribution in [0.15, 0.2) is 0 Å². The van der Waals surface area contributed by atoms with Crippen molar-refractivity contribution in [3.05, 3.63) is 0 Å². The van der Waals surface area contributed by atoms with Crippen LogP contribution in [0.5, 0.6) is 0 Å². The highest BCUT2D eigenvalue weighted by Gasteiger charge is 2.05. The lowest BCUT2D eigenvalue weighted by atomic mass is 10.2. The van der Waals surface area contributed by atoms with Gasteiger partial charge in [0.15, 0.2) is 5.92 Å². The largest absolute Gasteiger partial charge is 0.391 e. The van der Waals surface area contributed by atoms with E-state index in [-0.39, 0.29) is 4.99 Å². The summed E-state index contributed by atoms with van der Waals surface area (Å²) in [5.41, 5.74) is 4.94. The zero-order chi connectivity index (χ0) is 6.57. The van der Waals surface area contributed by atoms with E-state index >= 15 is 0 Å². The molecule has 0 aromatic rings. The minimum atomic E-state index is -0.926. The van der Waals surface area contributed by atoms with E-state index in [1.54, 1.807) is 12.1 Å². The number of rotatable bonds is 1. The van der Waals surface area contributed by atoms with E-state index in [0.29, 0.717) is 0 Å². The molecule has 2 N–H and O–H groups in total. The summed E-state index contributed by atoms with van der Waals surface area (Å²) < 4.78 is 0. The molecule has 0 aliphatic heterocycles. The quantitative estimate of drug-likeness (QED) is 0.498. The molecule has 0 atom stereocenters. The van der Waals surface area contributed by atoms with Gasteiger partial charge in [-0.05, 0) is 0 Å². The zero-order valence-electron chi connectivity index (χ0n) is 3.96. The van der Waals surface area contributed by atoms with Crippen LogP contribution in [0.3, 0.4) is 0 Å². The fourth-order valence-corrected chi connectivity index (χ4v) is 0.262. The Labute approximate surface area is 52.3 Å². The monoisotopic (exact) mass is 125 g/mol. The van der Waals surface area contributed by atoms with Gasteiger partial charge in [0.05, 0.1) is 12.1 Å². The minimum Gasteiger partial charge on any atom is -0.391 e. The first-order chi connectivity index (χ1) is 3.72. The van der Waals surface area contributed by atoms with E-state index in [0.717, 1.165) is 0 Å². The molecule has 0 unspecified atom stereocenters. The number of nitrogens with zero attached hydrogens (tertiary/aromatic N) is 2. The molecule has 3 nitrogen and oxygen atoms in total. The molecule has 0 bridgehead atoms. The first kappa shape index (κ1) is 6.87. The van der Waals surface area contributed by atoms with Gasteiger partial charge in [0.1, 0.15) is 4.99 Å². The van der Waals surface area contributed by atoms with Crippen molar-refractivity contribution in [1.82, 2.24) is 0 Å². The van der Waals surface area contributed by atoms with Gasteiger partial charge >= 0.3 is 0 Å². The summed E-state index contributed by atoms with van der Waals surface area (Å²) >= 11 is 4.35. The average Bonchev–Trinajstić information content (AvgIpc) is 1.69. The van der Waals surface area contributed by atoms with Crippen molar-refractivity contribution >= 4 is 17.2 Å². The van der Waals surface area contributed by atoms with Gasteiger partial charge in [0.2, 0.25) is 0 Å². The van der Waals surface area contributed by atoms with Crippen LogP contribution in [0.25, 0.3) is 0 Å². The van der Waals surface area contributed by atoms with Crippen LogP contribution in [-0.2, 0) is 0 Å². The summed E-state index contributed by atoms with van der Waals surface area (Å²) in [6.45, 7) is 0. The molecule has 0 aromatic heterocycles. The van der Waals surface area contributed by atoms with E-state index in [1.807, 2.05) is 0 Å². The molecule has 0 radical (unpaired) electrons. The van der Waals surface area contributed by atoms with Crippen molar-refractivity contribution in [2.75, 3.05) is 0 Å². The second-order valence-electron chi connectivity index (χ2n) is 1.09. The maximum absolute atomic E-state index is 8.06. The van der Waals surface area contributed by atoms with Gasteiger partial charge in [-0.3, -0.25) is 0 Å². The Morgan fingerprint density at radius 2 is 1.88 bits per heavy atom. The molecule has 0 saturated carbocycles. The Hall–Kier alpha value is -1.13. The Morgan fingerprint density at radius 1 is 1.50 bits per heavy atom. The van der Waals surface area contributed by atoms with Gasteiger partial charge < -0.3 is 5.73 Å². The molecule has 40 valence electrons. The highest BCUT2D eigenvalue weighted by atomic mass is 32.1. The highest BCUT2D eigenvalue weighted by molar-refractivity contribution is 7.80. The molecular formula is C4H3N3S. The van der Waals surface area contributed by atoms with E-state index in [2.05, 4.69) is 12.2 Å². The van der Waals surface area contributed by atoms with Gasteiger partial charge in [0.25, 0.3) is 0 Å². The molecule has 0 aliphatic carbocycles. The van der Waals surface area contributed by atoms with E-state index in [9.17, 15) is 0 Å². The van der Waals surface area contributed by atoms with Crippen LogP contribution in [0, 0.1) is 28.6 Å². The Bertz CT molecular complexity index is 159. The van der Waals surface area contributed by atoms with Crippen molar-refractivity contribution in [3.63, 3.8) is 0 Å². The maximum atomic E-state index is 8.06. The van der Waals surface area contributed by atoms with E-state index < -0.39 is 5.92 Å². The number of hydrogen-bond donors (Lipinski definition) is 1. The number of hydrogen-bond acceptors (Lipinski definition) is 3. The van der Waals surface area contributed by atoms with Crippen LogP contribution in [-0.4, -0.2) is 4.99 Å². The second-order valence-corrected chi connectivity index (χ2v) is 1.56. The zero-order valence-corrected chi connectivity index (χ0v) is 4.77. The smallest absolute Gasteiger partial charge is 0.182 e. The van der Waals surface area contributed by atoms with Crippen LogP contribution >= 0.6 is 12.2 Å². The van der Waals surface area contributed by atoms with Crippen LogP contribution < -0.4 is 5.73 Å². The van der Waals surface area contributed by atoms with Crippen molar-refractivity contribution in [2.24, 2.45) is 11.7 Å². The van der Waals surface area contributed by atoms with Crippen LogP contribution in [0.4, 0.5) is 0 Å². The molecule has 0 fully saturated rings. The number of nitrogens with two attached hydrogens (primary N) is 1. The predicted octanol–water partition coefficient (Wildman–Crippen LogP) is -0.0641. The molecule has 0 amide bonds.